The van der Waals surface area contributed by atoms with Crippen molar-refractivity contribution >= 4 is 28.2 Å². The second-order valence-corrected chi connectivity index (χ2v) is 8.71. The Morgan fingerprint density at radius 3 is 2.71 bits per heavy atom. The number of aromatic nitrogens is 2. The lowest BCUT2D eigenvalue weighted by atomic mass is 9.96. The molecule has 1 unspecified atom stereocenters. The molecule has 0 bridgehead atoms. The number of nitriles is 1. The molecule has 1 aromatic carbocycles. The Kier molecular flexibility index (Phi) is 6.11. The minimum Gasteiger partial charge on any atom is -0.357 e. The van der Waals surface area contributed by atoms with Gasteiger partial charge in [0.2, 0.25) is 5.13 Å². The molecule has 0 saturated heterocycles. The SMILES string of the molecule is Cc1ccc(CC(C#N)Sc2nnc(NC3CCCCC3)s2)cc1. The first-order valence-electron chi connectivity index (χ1n) is 8.45. The van der Waals surface area contributed by atoms with E-state index >= 15 is 0 Å². The fourth-order valence-corrected chi connectivity index (χ4v) is 4.90. The van der Waals surface area contributed by atoms with Gasteiger partial charge in [0.15, 0.2) is 4.34 Å². The highest BCUT2D eigenvalue weighted by atomic mass is 32.2. The van der Waals surface area contributed by atoms with Crippen molar-refractivity contribution in [2.24, 2.45) is 0 Å². The van der Waals surface area contributed by atoms with E-state index in [1.165, 1.54) is 55.0 Å². The van der Waals surface area contributed by atoms with Crippen LogP contribution < -0.4 is 5.32 Å². The second-order valence-electron chi connectivity index (χ2n) is 6.28. The van der Waals surface area contributed by atoms with Crippen molar-refractivity contribution in [3.05, 3.63) is 35.4 Å². The Labute approximate surface area is 151 Å². The Bertz CT molecular complexity index is 684. The van der Waals surface area contributed by atoms with Crippen LogP contribution in [-0.2, 0) is 6.42 Å². The standard InChI is InChI=1S/C18H22N4S2/c1-13-7-9-14(10-8-13)11-16(12-19)23-18-22-21-17(24-18)20-15-5-3-2-4-6-15/h7-10,15-16H,2-6,11H2,1H3,(H,20,21). The molecule has 24 heavy (non-hydrogen) atoms. The van der Waals surface area contributed by atoms with Gasteiger partial charge in [-0.15, -0.1) is 10.2 Å². The second kappa shape index (κ2) is 8.50. The Morgan fingerprint density at radius 2 is 2.00 bits per heavy atom. The fraction of sp³-hybridized carbons (Fsp3) is 0.500. The lowest BCUT2D eigenvalue weighted by Crippen LogP contribution is -2.21. The van der Waals surface area contributed by atoms with Crippen molar-refractivity contribution in [2.45, 2.75) is 61.1 Å². The number of anilines is 1. The predicted molar refractivity (Wildman–Crippen MR) is 101 cm³/mol. The third-order valence-electron chi connectivity index (χ3n) is 4.27. The first kappa shape index (κ1) is 17.2. The van der Waals surface area contributed by atoms with Gasteiger partial charge in [0.25, 0.3) is 0 Å². The van der Waals surface area contributed by atoms with Gasteiger partial charge in [0.05, 0.1) is 6.07 Å². The number of aryl methyl sites for hydroxylation is 1. The zero-order valence-corrected chi connectivity index (χ0v) is 15.5. The molecule has 1 saturated carbocycles. The highest BCUT2D eigenvalue weighted by molar-refractivity contribution is 8.01. The van der Waals surface area contributed by atoms with Gasteiger partial charge in [0, 0.05) is 6.04 Å². The molecule has 1 fully saturated rings. The number of rotatable bonds is 6. The Balaban J connectivity index is 1.55. The molecular weight excluding hydrogens is 336 g/mol. The number of nitrogens with one attached hydrogen (secondary N) is 1. The van der Waals surface area contributed by atoms with Crippen LogP contribution in [0.2, 0.25) is 0 Å². The Morgan fingerprint density at radius 1 is 1.25 bits per heavy atom. The van der Waals surface area contributed by atoms with E-state index in [0.717, 1.165) is 15.9 Å². The van der Waals surface area contributed by atoms with Crippen molar-refractivity contribution in [2.75, 3.05) is 5.32 Å². The van der Waals surface area contributed by atoms with E-state index in [1.54, 1.807) is 11.3 Å². The number of hydrogen-bond donors (Lipinski definition) is 1. The largest absolute Gasteiger partial charge is 0.357 e. The molecule has 1 atom stereocenters. The molecule has 1 aliphatic rings. The molecule has 1 N–H and O–H groups in total. The summed E-state index contributed by atoms with van der Waals surface area (Å²) in [4.78, 5) is 0. The van der Waals surface area contributed by atoms with Gasteiger partial charge in [-0.25, -0.2) is 0 Å². The molecular formula is C18H22N4S2. The molecule has 0 radical (unpaired) electrons. The van der Waals surface area contributed by atoms with Crippen LogP contribution in [0, 0.1) is 18.3 Å². The topological polar surface area (TPSA) is 61.6 Å². The van der Waals surface area contributed by atoms with Gasteiger partial charge >= 0.3 is 0 Å². The lowest BCUT2D eigenvalue weighted by molar-refractivity contribution is 0.462. The van der Waals surface area contributed by atoms with Crippen LogP contribution >= 0.6 is 23.1 Å². The summed E-state index contributed by atoms with van der Waals surface area (Å²) < 4.78 is 0.868. The molecule has 0 amide bonds. The summed E-state index contributed by atoms with van der Waals surface area (Å²) in [6.07, 6.45) is 7.10. The van der Waals surface area contributed by atoms with E-state index in [2.05, 4.69) is 52.8 Å². The quantitative estimate of drug-likeness (QED) is 0.750. The maximum atomic E-state index is 9.44. The summed E-state index contributed by atoms with van der Waals surface area (Å²) in [5.74, 6) is 0. The van der Waals surface area contributed by atoms with Gasteiger partial charge < -0.3 is 5.32 Å². The predicted octanol–water partition coefficient (Wildman–Crippen LogP) is 4.82. The van der Waals surface area contributed by atoms with E-state index in [-0.39, 0.29) is 5.25 Å². The minimum absolute atomic E-state index is 0.136. The van der Waals surface area contributed by atoms with Crippen molar-refractivity contribution in [3.8, 4) is 6.07 Å². The third-order valence-corrected chi connectivity index (χ3v) is 6.30. The molecule has 4 nitrogen and oxygen atoms in total. The summed E-state index contributed by atoms with van der Waals surface area (Å²) in [5, 5.41) is 22.2. The lowest BCUT2D eigenvalue weighted by Gasteiger charge is -2.21. The number of nitrogens with zero attached hydrogens (tertiary/aromatic N) is 3. The first-order chi connectivity index (χ1) is 11.7. The Hall–Kier alpha value is -1.58. The summed E-state index contributed by atoms with van der Waals surface area (Å²) in [7, 11) is 0. The van der Waals surface area contributed by atoms with Crippen LogP contribution in [-0.4, -0.2) is 21.5 Å². The van der Waals surface area contributed by atoms with Crippen molar-refractivity contribution < 1.29 is 0 Å². The van der Waals surface area contributed by atoms with Crippen LogP contribution in [0.5, 0.6) is 0 Å². The molecule has 3 rings (SSSR count). The third kappa shape index (κ3) is 4.96. The van der Waals surface area contributed by atoms with Crippen LogP contribution in [0.25, 0.3) is 0 Å². The molecule has 1 aromatic heterocycles. The van der Waals surface area contributed by atoms with Gasteiger partial charge in [-0.05, 0) is 31.7 Å². The summed E-state index contributed by atoms with van der Waals surface area (Å²) in [6, 6.07) is 11.3. The average molecular weight is 359 g/mol. The van der Waals surface area contributed by atoms with Crippen molar-refractivity contribution in [1.29, 1.82) is 5.26 Å². The van der Waals surface area contributed by atoms with Crippen LogP contribution in [0.4, 0.5) is 5.13 Å². The molecule has 2 aromatic rings. The summed E-state index contributed by atoms with van der Waals surface area (Å²) in [6.45, 7) is 2.07. The fourth-order valence-electron chi connectivity index (χ4n) is 2.91. The average Bonchev–Trinajstić information content (AvgIpc) is 3.04. The zero-order valence-electron chi connectivity index (χ0n) is 13.9. The van der Waals surface area contributed by atoms with Gasteiger partial charge in [-0.3, -0.25) is 0 Å². The summed E-state index contributed by atoms with van der Waals surface area (Å²) in [5.41, 5.74) is 2.42. The smallest absolute Gasteiger partial charge is 0.206 e. The van der Waals surface area contributed by atoms with Crippen LogP contribution in [0.15, 0.2) is 28.6 Å². The number of thioether (sulfide) groups is 1. The molecule has 1 heterocycles. The van der Waals surface area contributed by atoms with E-state index in [9.17, 15) is 5.26 Å². The number of benzene rings is 1. The van der Waals surface area contributed by atoms with Gasteiger partial charge in [-0.1, -0.05) is 72.2 Å². The molecule has 0 spiro atoms. The van der Waals surface area contributed by atoms with E-state index in [1.807, 2.05) is 0 Å². The van der Waals surface area contributed by atoms with Gasteiger partial charge in [-0.2, -0.15) is 5.26 Å². The van der Waals surface area contributed by atoms with Crippen LogP contribution in [0.3, 0.4) is 0 Å². The zero-order chi connectivity index (χ0) is 16.8. The first-order valence-corrected chi connectivity index (χ1v) is 10.1. The maximum absolute atomic E-state index is 9.44. The van der Waals surface area contributed by atoms with E-state index in [4.69, 9.17) is 0 Å². The highest BCUT2D eigenvalue weighted by Gasteiger charge is 2.17. The normalized spacial score (nSPS) is 16.5. The van der Waals surface area contributed by atoms with Crippen molar-refractivity contribution in [3.63, 3.8) is 0 Å². The maximum Gasteiger partial charge on any atom is 0.206 e. The van der Waals surface area contributed by atoms with E-state index in [0.29, 0.717) is 6.04 Å². The van der Waals surface area contributed by atoms with E-state index < -0.39 is 0 Å². The number of hydrogen-bond acceptors (Lipinski definition) is 6. The van der Waals surface area contributed by atoms with Crippen LogP contribution in [0.1, 0.15) is 43.2 Å². The molecule has 126 valence electrons. The molecule has 0 aliphatic heterocycles. The highest BCUT2D eigenvalue weighted by Crippen LogP contribution is 2.31. The minimum atomic E-state index is -0.136. The molecule has 6 heteroatoms. The monoisotopic (exact) mass is 358 g/mol. The summed E-state index contributed by atoms with van der Waals surface area (Å²) >= 11 is 3.08. The molecule has 1 aliphatic carbocycles. The van der Waals surface area contributed by atoms with Gasteiger partial charge in [0.1, 0.15) is 5.25 Å². The van der Waals surface area contributed by atoms with Crippen molar-refractivity contribution in [1.82, 2.24) is 10.2 Å².